The maximum Gasteiger partial charge on any atom is 0.250 e. The molecule has 2 N–H and O–H groups in total. The van der Waals surface area contributed by atoms with Crippen LogP contribution in [0.4, 0.5) is 5.69 Å². The van der Waals surface area contributed by atoms with E-state index in [-0.39, 0.29) is 25.7 Å². The lowest BCUT2D eigenvalue weighted by Gasteiger charge is -2.08. The van der Waals surface area contributed by atoms with E-state index < -0.39 is 0 Å². The average molecular weight is 288 g/mol. The molecule has 16 heavy (non-hydrogen) atoms. The molecule has 1 rings (SSSR count). The first-order valence-corrected chi connectivity index (χ1v) is 5.67. The Morgan fingerprint density at radius 2 is 2.31 bits per heavy atom. The van der Waals surface area contributed by atoms with E-state index in [1.807, 2.05) is 25.1 Å². The van der Waals surface area contributed by atoms with Gasteiger partial charge in [0.2, 0.25) is 5.91 Å². The zero-order valence-electron chi connectivity index (χ0n) is 9.00. The second-order valence-electron chi connectivity index (χ2n) is 3.28. The highest BCUT2D eigenvalue weighted by Crippen LogP contribution is 2.19. The minimum absolute atomic E-state index is 0.0456. The summed E-state index contributed by atoms with van der Waals surface area (Å²) < 4.78 is 5.88. The number of rotatable bonds is 5. The maximum atomic E-state index is 11.4. The summed E-state index contributed by atoms with van der Waals surface area (Å²) in [5.74, 6) is -0.223. The van der Waals surface area contributed by atoms with E-state index in [0.717, 1.165) is 15.7 Å². The summed E-state index contributed by atoms with van der Waals surface area (Å²) in [6.07, 6.45) is 0. The van der Waals surface area contributed by atoms with Crippen molar-refractivity contribution in [3.05, 3.63) is 28.2 Å². The molecule has 0 aliphatic carbocycles. The van der Waals surface area contributed by atoms with Gasteiger partial charge < -0.3 is 15.2 Å². The number of carbonyl (C=O) groups is 1. The van der Waals surface area contributed by atoms with Gasteiger partial charge in [0.25, 0.3) is 0 Å². The Hall–Kier alpha value is -0.910. The molecule has 88 valence electrons. The average Bonchev–Trinajstić information content (AvgIpc) is 2.23. The van der Waals surface area contributed by atoms with Crippen LogP contribution < -0.4 is 5.32 Å². The summed E-state index contributed by atoms with van der Waals surface area (Å²) in [4.78, 5) is 11.4. The zero-order chi connectivity index (χ0) is 12.0. The first-order chi connectivity index (χ1) is 7.63. The molecule has 0 atom stereocenters. The molecule has 1 amide bonds. The summed E-state index contributed by atoms with van der Waals surface area (Å²) in [5.41, 5.74) is 1.74. The van der Waals surface area contributed by atoms with Crippen LogP contribution in [0.1, 0.15) is 5.56 Å². The number of halogens is 1. The smallest absolute Gasteiger partial charge is 0.250 e. The van der Waals surface area contributed by atoms with Crippen LogP contribution >= 0.6 is 15.9 Å². The van der Waals surface area contributed by atoms with Crippen LogP contribution in [0.3, 0.4) is 0 Å². The summed E-state index contributed by atoms with van der Waals surface area (Å²) >= 11 is 3.35. The van der Waals surface area contributed by atoms with Crippen LogP contribution in [0, 0.1) is 6.92 Å². The molecule has 1 aromatic rings. The Morgan fingerprint density at radius 1 is 1.56 bits per heavy atom. The number of anilines is 1. The van der Waals surface area contributed by atoms with Crippen LogP contribution in [0.25, 0.3) is 0 Å². The molecule has 0 unspecified atom stereocenters. The van der Waals surface area contributed by atoms with E-state index in [0.29, 0.717) is 0 Å². The number of nitrogens with one attached hydrogen (secondary N) is 1. The molecule has 0 aliphatic heterocycles. The number of carbonyl (C=O) groups excluding carboxylic acids is 1. The third kappa shape index (κ3) is 4.30. The van der Waals surface area contributed by atoms with Gasteiger partial charge in [-0.15, -0.1) is 0 Å². The predicted octanol–water partition coefficient (Wildman–Crippen LogP) is 1.70. The number of aliphatic hydroxyl groups excluding tert-OH is 1. The molecule has 0 aromatic heterocycles. The molecule has 0 heterocycles. The molecule has 0 fully saturated rings. The number of benzene rings is 1. The highest BCUT2D eigenvalue weighted by Gasteiger charge is 2.04. The fraction of sp³-hybridized carbons (Fsp3) is 0.364. The highest BCUT2D eigenvalue weighted by molar-refractivity contribution is 9.10. The Balaban J connectivity index is 2.49. The van der Waals surface area contributed by atoms with Gasteiger partial charge in [-0.25, -0.2) is 0 Å². The standard InChI is InChI=1S/C11H14BrNO3/c1-8-6-9(12)2-3-10(8)13-11(15)7-16-5-4-14/h2-3,6,14H,4-5,7H2,1H3,(H,13,15). The fourth-order valence-corrected chi connectivity index (χ4v) is 1.66. The normalized spacial score (nSPS) is 10.2. The van der Waals surface area contributed by atoms with E-state index in [1.165, 1.54) is 0 Å². The van der Waals surface area contributed by atoms with Gasteiger partial charge in [0.15, 0.2) is 0 Å². The van der Waals surface area contributed by atoms with E-state index in [4.69, 9.17) is 9.84 Å². The van der Waals surface area contributed by atoms with Gasteiger partial charge >= 0.3 is 0 Å². The number of amides is 1. The predicted molar refractivity (Wildman–Crippen MR) is 65.4 cm³/mol. The molecule has 0 radical (unpaired) electrons. The van der Waals surface area contributed by atoms with Crippen LogP contribution in [-0.2, 0) is 9.53 Å². The summed E-state index contributed by atoms with van der Waals surface area (Å²) in [6, 6.07) is 5.60. The minimum Gasteiger partial charge on any atom is -0.394 e. The van der Waals surface area contributed by atoms with E-state index in [9.17, 15) is 4.79 Å². The van der Waals surface area contributed by atoms with Gasteiger partial charge in [0.05, 0.1) is 13.2 Å². The molecule has 4 nitrogen and oxygen atoms in total. The Morgan fingerprint density at radius 3 is 2.94 bits per heavy atom. The van der Waals surface area contributed by atoms with Crippen molar-refractivity contribution in [2.24, 2.45) is 0 Å². The summed E-state index contributed by atoms with van der Waals surface area (Å²) in [6.45, 7) is 1.96. The van der Waals surface area contributed by atoms with Crippen molar-refractivity contribution in [3.8, 4) is 0 Å². The second kappa shape index (κ2) is 6.62. The van der Waals surface area contributed by atoms with Gasteiger partial charge in [-0.3, -0.25) is 4.79 Å². The zero-order valence-corrected chi connectivity index (χ0v) is 10.6. The summed E-state index contributed by atoms with van der Waals surface area (Å²) in [5, 5.41) is 11.2. The lowest BCUT2D eigenvalue weighted by Crippen LogP contribution is -2.19. The van der Waals surface area contributed by atoms with Crippen LogP contribution in [0.15, 0.2) is 22.7 Å². The number of aliphatic hydroxyl groups is 1. The first kappa shape index (κ1) is 13.2. The van der Waals surface area contributed by atoms with Crippen molar-refractivity contribution >= 4 is 27.5 Å². The van der Waals surface area contributed by atoms with E-state index in [2.05, 4.69) is 21.2 Å². The molecular weight excluding hydrogens is 274 g/mol. The molecule has 0 saturated heterocycles. The molecule has 0 saturated carbocycles. The van der Waals surface area contributed by atoms with Crippen molar-refractivity contribution in [1.29, 1.82) is 0 Å². The minimum atomic E-state index is -0.223. The van der Waals surface area contributed by atoms with Gasteiger partial charge in [-0.1, -0.05) is 15.9 Å². The first-order valence-electron chi connectivity index (χ1n) is 4.88. The quantitative estimate of drug-likeness (QED) is 0.811. The lowest BCUT2D eigenvalue weighted by atomic mass is 10.2. The van der Waals surface area contributed by atoms with Gasteiger partial charge in [-0.2, -0.15) is 0 Å². The number of hydrogen-bond donors (Lipinski definition) is 2. The Bertz CT molecular complexity index is 368. The number of aryl methyl sites for hydroxylation is 1. The topological polar surface area (TPSA) is 58.6 Å². The monoisotopic (exact) mass is 287 g/mol. The second-order valence-corrected chi connectivity index (χ2v) is 4.20. The highest BCUT2D eigenvalue weighted by atomic mass is 79.9. The molecule has 0 aliphatic rings. The lowest BCUT2D eigenvalue weighted by molar-refractivity contribution is -0.120. The van der Waals surface area contributed by atoms with Gasteiger partial charge in [0.1, 0.15) is 6.61 Å². The van der Waals surface area contributed by atoms with Crippen molar-refractivity contribution in [1.82, 2.24) is 0 Å². The van der Waals surface area contributed by atoms with Crippen LogP contribution in [-0.4, -0.2) is 30.8 Å². The molecule has 0 bridgehead atoms. The molecular formula is C11H14BrNO3. The van der Waals surface area contributed by atoms with E-state index in [1.54, 1.807) is 0 Å². The van der Waals surface area contributed by atoms with Crippen LogP contribution in [0.2, 0.25) is 0 Å². The van der Waals surface area contributed by atoms with Crippen molar-refractivity contribution in [2.45, 2.75) is 6.92 Å². The number of ether oxygens (including phenoxy) is 1. The van der Waals surface area contributed by atoms with Crippen molar-refractivity contribution in [2.75, 3.05) is 25.1 Å². The van der Waals surface area contributed by atoms with E-state index >= 15 is 0 Å². The molecule has 1 aromatic carbocycles. The third-order valence-corrected chi connectivity index (χ3v) is 2.42. The Kier molecular flexibility index (Phi) is 5.45. The largest absolute Gasteiger partial charge is 0.394 e. The van der Waals surface area contributed by atoms with Crippen molar-refractivity contribution < 1.29 is 14.6 Å². The Labute approximate surface area is 103 Å². The fourth-order valence-electron chi connectivity index (χ4n) is 1.18. The SMILES string of the molecule is Cc1cc(Br)ccc1NC(=O)COCCO. The molecule has 0 spiro atoms. The summed E-state index contributed by atoms with van der Waals surface area (Å²) in [7, 11) is 0. The van der Waals surface area contributed by atoms with Gasteiger partial charge in [0, 0.05) is 10.2 Å². The maximum absolute atomic E-state index is 11.4. The number of hydrogen-bond acceptors (Lipinski definition) is 3. The van der Waals surface area contributed by atoms with Crippen LogP contribution in [0.5, 0.6) is 0 Å². The van der Waals surface area contributed by atoms with Gasteiger partial charge in [-0.05, 0) is 30.7 Å². The molecule has 5 heteroatoms. The third-order valence-electron chi connectivity index (χ3n) is 1.93. The van der Waals surface area contributed by atoms with Crippen molar-refractivity contribution in [3.63, 3.8) is 0 Å².